The summed E-state index contributed by atoms with van der Waals surface area (Å²) in [5.74, 6) is 1.61. The van der Waals surface area contributed by atoms with Gasteiger partial charge in [0.05, 0.1) is 0 Å². The molecule has 1 unspecified atom stereocenters. The lowest BCUT2D eigenvalue weighted by Crippen LogP contribution is -2.17. The summed E-state index contributed by atoms with van der Waals surface area (Å²) in [4.78, 5) is 9.89. The van der Waals surface area contributed by atoms with Crippen molar-refractivity contribution in [3.63, 3.8) is 0 Å². The SMILES string of the molecule is Cc1nc2ncnn2c(NCC(C)Sc2ccccc2)c1C. The number of hydrogen-bond donors (Lipinski definition) is 1. The van der Waals surface area contributed by atoms with E-state index in [1.54, 1.807) is 4.52 Å². The van der Waals surface area contributed by atoms with Crippen LogP contribution in [0.1, 0.15) is 18.2 Å². The molecule has 22 heavy (non-hydrogen) atoms. The van der Waals surface area contributed by atoms with Gasteiger partial charge in [-0.1, -0.05) is 25.1 Å². The maximum atomic E-state index is 4.43. The van der Waals surface area contributed by atoms with Crippen molar-refractivity contribution in [2.45, 2.75) is 30.9 Å². The van der Waals surface area contributed by atoms with Crippen molar-refractivity contribution >= 4 is 23.4 Å². The van der Waals surface area contributed by atoms with E-state index in [9.17, 15) is 0 Å². The molecule has 6 heteroatoms. The smallest absolute Gasteiger partial charge is 0.254 e. The van der Waals surface area contributed by atoms with E-state index < -0.39 is 0 Å². The Bertz CT molecular complexity index is 769. The van der Waals surface area contributed by atoms with Crippen LogP contribution in [-0.2, 0) is 0 Å². The van der Waals surface area contributed by atoms with Crippen LogP contribution < -0.4 is 5.32 Å². The summed E-state index contributed by atoms with van der Waals surface area (Å²) >= 11 is 1.86. The predicted molar refractivity (Wildman–Crippen MR) is 90.5 cm³/mol. The number of rotatable bonds is 5. The molecule has 0 aliphatic rings. The molecule has 1 atom stereocenters. The Morgan fingerprint density at radius 1 is 1.23 bits per heavy atom. The first kappa shape index (κ1) is 14.8. The number of aryl methyl sites for hydroxylation is 1. The Labute approximate surface area is 134 Å². The van der Waals surface area contributed by atoms with E-state index in [2.05, 4.69) is 58.5 Å². The number of anilines is 1. The molecule has 2 heterocycles. The van der Waals surface area contributed by atoms with Crippen LogP contribution in [0.2, 0.25) is 0 Å². The Morgan fingerprint density at radius 3 is 2.77 bits per heavy atom. The quantitative estimate of drug-likeness (QED) is 0.732. The van der Waals surface area contributed by atoms with E-state index in [1.807, 2.05) is 24.8 Å². The molecule has 5 nitrogen and oxygen atoms in total. The average Bonchev–Trinajstić information content (AvgIpc) is 2.96. The second kappa shape index (κ2) is 6.36. The molecule has 3 aromatic rings. The highest BCUT2D eigenvalue weighted by Gasteiger charge is 2.12. The third-order valence-electron chi connectivity index (χ3n) is 3.54. The maximum absolute atomic E-state index is 4.43. The van der Waals surface area contributed by atoms with Crippen LogP contribution in [0.5, 0.6) is 0 Å². The standard InChI is InChI=1S/C16H19N5S/c1-11(22-14-7-5-4-6-8-14)9-17-15-12(2)13(3)20-16-18-10-19-21(15)16/h4-8,10-11,17H,9H2,1-3H3. The van der Waals surface area contributed by atoms with Crippen molar-refractivity contribution in [1.82, 2.24) is 19.6 Å². The Hall–Kier alpha value is -2.08. The van der Waals surface area contributed by atoms with Gasteiger partial charge in [-0.15, -0.1) is 11.8 Å². The molecule has 0 radical (unpaired) electrons. The van der Waals surface area contributed by atoms with Crippen LogP contribution in [0.3, 0.4) is 0 Å². The Balaban J connectivity index is 1.74. The number of benzene rings is 1. The number of nitrogens with one attached hydrogen (secondary N) is 1. The van der Waals surface area contributed by atoms with Gasteiger partial charge < -0.3 is 5.32 Å². The lowest BCUT2D eigenvalue weighted by atomic mass is 10.2. The molecule has 0 saturated carbocycles. The first-order valence-electron chi connectivity index (χ1n) is 7.27. The van der Waals surface area contributed by atoms with Crippen LogP contribution in [0.25, 0.3) is 5.78 Å². The lowest BCUT2D eigenvalue weighted by Gasteiger charge is -2.16. The average molecular weight is 313 g/mol. The van der Waals surface area contributed by atoms with Gasteiger partial charge in [0.15, 0.2) is 0 Å². The molecule has 114 valence electrons. The third-order valence-corrected chi connectivity index (χ3v) is 4.66. The fourth-order valence-corrected chi connectivity index (χ4v) is 3.20. The largest absolute Gasteiger partial charge is 0.369 e. The van der Waals surface area contributed by atoms with Crippen molar-refractivity contribution in [3.05, 3.63) is 47.9 Å². The van der Waals surface area contributed by atoms with E-state index in [0.29, 0.717) is 11.0 Å². The van der Waals surface area contributed by atoms with Crippen LogP contribution >= 0.6 is 11.8 Å². The highest BCUT2D eigenvalue weighted by atomic mass is 32.2. The molecule has 0 fully saturated rings. The van der Waals surface area contributed by atoms with Crippen molar-refractivity contribution in [3.8, 4) is 0 Å². The minimum atomic E-state index is 0.439. The van der Waals surface area contributed by atoms with Crippen LogP contribution in [0, 0.1) is 13.8 Å². The Kier molecular flexibility index (Phi) is 4.29. The van der Waals surface area contributed by atoms with E-state index in [1.165, 1.54) is 11.2 Å². The van der Waals surface area contributed by atoms with Gasteiger partial charge in [0.2, 0.25) is 0 Å². The second-order valence-electron chi connectivity index (χ2n) is 5.27. The predicted octanol–water partition coefficient (Wildman–Crippen LogP) is 3.33. The molecular formula is C16H19N5S. The van der Waals surface area contributed by atoms with Gasteiger partial charge >= 0.3 is 0 Å². The molecule has 0 aliphatic heterocycles. The van der Waals surface area contributed by atoms with Crippen molar-refractivity contribution in [1.29, 1.82) is 0 Å². The summed E-state index contributed by atoms with van der Waals surface area (Å²) < 4.78 is 1.77. The summed E-state index contributed by atoms with van der Waals surface area (Å²) in [7, 11) is 0. The maximum Gasteiger partial charge on any atom is 0.254 e. The van der Waals surface area contributed by atoms with E-state index >= 15 is 0 Å². The minimum Gasteiger partial charge on any atom is -0.369 e. The number of fused-ring (bicyclic) bond motifs is 1. The van der Waals surface area contributed by atoms with Crippen LogP contribution in [0.4, 0.5) is 5.82 Å². The van der Waals surface area contributed by atoms with Gasteiger partial charge in [-0.05, 0) is 26.0 Å². The fourth-order valence-electron chi connectivity index (χ4n) is 2.25. The molecule has 3 rings (SSSR count). The first-order chi connectivity index (χ1) is 10.6. The monoisotopic (exact) mass is 313 g/mol. The third kappa shape index (κ3) is 3.06. The summed E-state index contributed by atoms with van der Waals surface area (Å²) in [5, 5.41) is 8.20. The van der Waals surface area contributed by atoms with Crippen LogP contribution in [0.15, 0.2) is 41.6 Å². The van der Waals surface area contributed by atoms with Gasteiger partial charge in [-0.25, -0.2) is 4.98 Å². The second-order valence-corrected chi connectivity index (χ2v) is 6.78. The first-order valence-corrected chi connectivity index (χ1v) is 8.15. The molecule has 0 amide bonds. The normalized spacial score (nSPS) is 12.5. The van der Waals surface area contributed by atoms with Crippen molar-refractivity contribution in [2.24, 2.45) is 0 Å². The summed E-state index contributed by atoms with van der Waals surface area (Å²) in [5.41, 5.74) is 2.08. The molecule has 2 aromatic heterocycles. The van der Waals surface area contributed by atoms with E-state index in [4.69, 9.17) is 0 Å². The molecule has 1 aromatic carbocycles. The topological polar surface area (TPSA) is 55.1 Å². The lowest BCUT2D eigenvalue weighted by molar-refractivity contribution is 0.890. The number of nitrogens with zero attached hydrogens (tertiary/aromatic N) is 4. The van der Waals surface area contributed by atoms with Crippen molar-refractivity contribution in [2.75, 3.05) is 11.9 Å². The molecule has 0 aliphatic carbocycles. The van der Waals surface area contributed by atoms with Gasteiger partial charge in [0.1, 0.15) is 12.1 Å². The van der Waals surface area contributed by atoms with Gasteiger partial charge in [0, 0.05) is 27.9 Å². The molecule has 0 saturated heterocycles. The summed E-state index contributed by atoms with van der Waals surface area (Å²) in [6.45, 7) is 7.11. The van der Waals surface area contributed by atoms with Crippen molar-refractivity contribution < 1.29 is 0 Å². The zero-order valence-corrected chi connectivity index (χ0v) is 13.8. The van der Waals surface area contributed by atoms with Gasteiger partial charge in [-0.2, -0.15) is 14.6 Å². The molecule has 0 bridgehead atoms. The molecule has 0 spiro atoms. The zero-order chi connectivity index (χ0) is 15.5. The van der Waals surface area contributed by atoms with Gasteiger partial charge in [-0.3, -0.25) is 0 Å². The highest BCUT2D eigenvalue weighted by molar-refractivity contribution is 8.00. The minimum absolute atomic E-state index is 0.439. The fraction of sp³-hybridized carbons (Fsp3) is 0.312. The highest BCUT2D eigenvalue weighted by Crippen LogP contribution is 2.24. The Morgan fingerprint density at radius 2 is 2.00 bits per heavy atom. The summed E-state index contributed by atoms with van der Waals surface area (Å²) in [6, 6.07) is 10.4. The van der Waals surface area contributed by atoms with E-state index in [0.717, 1.165) is 23.6 Å². The van der Waals surface area contributed by atoms with E-state index in [-0.39, 0.29) is 0 Å². The number of thioether (sulfide) groups is 1. The number of hydrogen-bond acceptors (Lipinski definition) is 5. The van der Waals surface area contributed by atoms with Gasteiger partial charge in [0.25, 0.3) is 5.78 Å². The van der Waals surface area contributed by atoms with Crippen LogP contribution in [-0.4, -0.2) is 31.4 Å². The molecular weight excluding hydrogens is 294 g/mol. The molecule has 1 N–H and O–H groups in total. The zero-order valence-electron chi connectivity index (χ0n) is 12.9. The summed E-state index contributed by atoms with van der Waals surface area (Å²) in [6.07, 6.45) is 1.54. The number of aromatic nitrogens is 4.